The number of aromatic nitrogens is 4. The number of aliphatic imine (C=N–C) groups is 1. The number of nitrogens with zero attached hydrogens (tertiary/aromatic N) is 5. The number of amides is 4. The van der Waals surface area contributed by atoms with Gasteiger partial charge in [0, 0.05) is 41.0 Å². The lowest BCUT2D eigenvalue weighted by Gasteiger charge is -2.23. The molecule has 2 aromatic carbocycles. The van der Waals surface area contributed by atoms with Gasteiger partial charge in [-0.05, 0) is 50.1 Å². The van der Waals surface area contributed by atoms with E-state index in [9.17, 15) is 33.9 Å². The van der Waals surface area contributed by atoms with Crippen molar-refractivity contribution in [3.05, 3.63) is 86.4 Å². The van der Waals surface area contributed by atoms with Crippen LogP contribution in [0.1, 0.15) is 79.8 Å². The highest BCUT2D eigenvalue weighted by Gasteiger charge is 2.35. The first-order valence-corrected chi connectivity index (χ1v) is 18.9. The minimum absolute atomic E-state index is 0.0334. The Balaban J connectivity index is 1.05. The number of imide groups is 1. The predicted molar refractivity (Wildman–Crippen MR) is 206 cm³/mol. The molecule has 2 aliphatic heterocycles. The van der Waals surface area contributed by atoms with E-state index in [1.54, 1.807) is 35.8 Å². The Bertz CT molecular complexity index is 2500. The third-order valence-corrected chi connectivity index (χ3v) is 11.2. The number of carbonyl (C=O) groups excluding carboxylic acids is 6. The maximum absolute atomic E-state index is 13.7. The van der Waals surface area contributed by atoms with Crippen molar-refractivity contribution in [2.75, 3.05) is 26.8 Å². The minimum atomic E-state index is -0.997. The second-order valence-electron chi connectivity index (χ2n) is 13.2. The Morgan fingerprint density at radius 2 is 1.84 bits per heavy atom. The molecule has 0 radical (unpaired) electrons. The lowest BCUT2D eigenvalue weighted by Crippen LogP contribution is -2.42. The Hall–Kier alpha value is -6.40. The Morgan fingerprint density at radius 3 is 2.56 bits per heavy atom. The first kappa shape index (κ1) is 38.9. The predicted octanol–water partition coefficient (Wildman–Crippen LogP) is 3.43. The fourth-order valence-electron chi connectivity index (χ4n) is 6.96. The molecule has 0 saturated carbocycles. The summed E-state index contributed by atoms with van der Waals surface area (Å²) in [5.41, 5.74) is 2.52. The van der Waals surface area contributed by atoms with E-state index in [0.717, 1.165) is 0 Å². The van der Waals surface area contributed by atoms with E-state index < -0.39 is 48.3 Å². The summed E-state index contributed by atoms with van der Waals surface area (Å²) in [7, 11) is 1.30. The van der Waals surface area contributed by atoms with Crippen LogP contribution in [0.5, 0.6) is 11.6 Å². The summed E-state index contributed by atoms with van der Waals surface area (Å²) >= 11 is 7.42. The normalized spacial score (nSPS) is 16.2. The smallest absolute Gasteiger partial charge is 0.308 e. The van der Waals surface area contributed by atoms with Crippen LogP contribution in [0.4, 0.5) is 0 Å². The van der Waals surface area contributed by atoms with E-state index in [2.05, 4.69) is 26.1 Å². The number of aldehydes is 1. The molecule has 0 spiro atoms. The van der Waals surface area contributed by atoms with Gasteiger partial charge >= 0.3 is 5.97 Å². The van der Waals surface area contributed by atoms with Gasteiger partial charge in [-0.2, -0.15) is 0 Å². The summed E-state index contributed by atoms with van der Waals surface area (Å²) in [5, 5.41) is 29.0. The van der Waals surface area contributed by atoms with Crippen LogP contribution >= 0.6 is 22.9 Å². The average molecular weight is 815 g/mol. The second kappa shape index (κ2) is 16.0. The third kappa shape index (κ3) is 7.36. The van der Waals surface area contributed by atoms with Crippen molar-refractivity contribution in [2.45, 2.75) is 45.2 Å². The quantitative estimate of drug-likeness (QED) is 0.0618. The number of esters is 1. The molecule has 1 saturated heterocycles. The van der Waals surface area contributed by atoms with Crippen LogP contribution in [0.2, 0.25) is 5.02 Å². The van der Waals surface area contributed by atoms with Crippen LogP contribution in [0.15, 0.2) is 47.5 Å². The summed E-state index contributed by atoms with van der Waals surface area (Å²) in [5.74, 6) is -1.75. The lowest BCUT2D eigenvalue weighted by atomic mass is 9.99. The molecule has 17 nitrogen and oxygen atoms in total. The number of methoxy groups -OCH3 is 1. The van der Waals surface area contributed by atoms with Gasteiger partial charge in [-0.15, -0.1) is 21.5 Å². The molecule has 57 heavy (non-hydrogen) atoms. The molecule has 2 aliphatic rings. The van der Waals surface area contributed by atoms with Crippen LogP contribution < -0.4 is 20.7 Å². The van der Waals surface area contributed by atoms with Gasteiger partial charge in [0.1, 0.15) is 28.7 Å². The monoisotopic (exact) mass is 814 g/mol. The van der Waals surface area contributed by atoms with Crippen molar-refractivity contribution in [3.63, 3.8) is 0 Å². The fourth-order valence-corrected chi connectivity index (χ4v) is 8.37. The number of aryl methyl sites for hydroxylation is 1. The van der Waals surface area contributed by atoms with Crippen molar-refractivity contribution in [3.8, 4) is 16.6 Å². The average Bonchev–Trinajstić information content (AvgIpc) is 3.81. The maximum Gasteiger partial charge on any atom is 0.308 e. The highest BCUT2D eigenvalue weighted by molar-refractivity contribution is 7.17. The van der Waals surface area contributed by atoms with Gasteiger partial charge in [-0.25, -0.2) is 0 Å². The summed E-state index contributed by atoms with van der Waals surface area (Å²) in [6.07, 6.45) is 0.519. The number of thiophene rings is 1. The van der Waals surface area contributed by atoms with Gasteiger partial charge < -0.3 is 25.2 Å². The topological polar surface area (TPSA) is 225 Å². The molecule has 294 valence electrons. The van der Waals surface area contributed by atoms with Crippen molar-refractivity contribution in [2.24, 2.45) is 4.99 Å². The van der Waals surface area contributed by atoms with Gasteiger partial charge in [0.05, 0.1) is 35.2 Å². The zero-order valence-electron chi connectivity index (χ0n) is 30.8. The second-order valence-corrected chi connectivity index (χ2v) is 14.6. The molecule has 19 heteroatoms. The van der Waals surface area contributed by atoms with Gasteiger partial charge in [0.2, 0.25) is 17.7 Å². The summed E-state index contributed by atoms with van der Waals surface area (Å²) in [6, 6.07) is 9.99. The zero-order valence-corrected chi connectivity index (χ0v) is 32.3. The van der Waals surface area contributed by atoms with Crippen molar-refractivity contribution < 1.29 is 43.3 Å². The number of nitrogens with one attached hydrogen (secondary N) is 3. The molecular weight excluding hydrogens is 780 g/mol. The Kier molecular flexibility index (Phi) is 10.9. The zero-order chi connectivity index (χ0) is 40.5. The number of ether oxygens (including phenoxy) is 2. The van der Waals surface area contributed by atoms with Crippen molar-refractivity contribution in [1.82, 2.24) is 35.3 Å². The van der Waals surface area contributed by atoms with E-state index in [4.69, 9.17) is 26.1 Å². The first-order chi connectivity index (χ1) is 27.4. The number of aromatic hydroxyl groups is 1. The highest BCUT2D eigenvalue weighted by Crippen LogP contribution is 2.42. The molecule has 5 aromatic rings. The maximum atomic E-state index is 13.7. The largest absolute Gasteiger partial charge is 0.494 e. The molecule has 0 aliphatic carbocycles. The minimum Gasteiger partial charge on any atom is -0.494 e. The van der Waals surface area contributed by atoms with Crippen molar-refractivity contribution in [1.29, 1.82) is 0 Å². The molecule has 1 fully saturated rings. The van der Waals surface area contributed by atoms with E-state index in [1.165, 1.54) is 29.1 Å². The summed E-state index contributed by atoms with van der Waals surface area (Å²) in [6.45, 7) is 3.24. The number of benzene rings is 2. The standard InChI is InChI=1S/C38H35ClN8O9S/c1-18-30-32(20-7-9-21(39)10-8-20)42-23(15-29(51)55-3)34-45-44-19(2)46(34)38(30)57-33(18)36(53)41-14-13-40-28(50)17-56-26-6-4-5-22-31(26)25(16-48)47(37(22)54)24-11-12-27(49)43-35(24)52/h4-10,16,23-24,54H,11-15,17H2,1-3H3,(H,40,50)(H,41,53)(H,43,49,52)/t23-,24?/m0/s1. The van der Waals surface area contributed by atoms with Gasteiger partial charge in [-0.1, -0.05) is 29.8 Å². The Morgan fingerprint density at radius 1 is 1.09 bits per heavy atom. The Labute approximate surface area is 333 Å². The van der Waals surface area contributed by atoms with E-state index >= 15 is 0 Å². The number of halogens is 1. The van der Waals surface area contributed by atoms with E-state index in [0.29, 0.717) is 55.2 Å². The fraction of sp³-hybridized carbons (Fsp3) is 0.289. The van der Waals surface area contributed by atoms with Crippen LogP contribution in [0.3, 0.4) is 0 Å². The van der Waals surface area contributed by atoms with Gasteiger partial charge in [-0.3, -0.25) is 48.2 Å². The SMILES string of the molecule is COC(=O)C[C@@H]1N=C(c2ccc(Cl)cc2)c2c(sc(C(=O)NCCNC(=O)COc3cccc4c(O)n(C5CCC(=O)NC5=O)c(C=O)c34)c2C)-n2c(C)nnc21. The highest BCUT2D eigenvalue weighted by atomic mass is 35.5. The number of rotatable bonds is 12. The molecule has 4 N–H and O–H groups in total. The van der Waals surface area contributed by atoms with E-state index in [1.807, 2.05) is 19.1 Å². The number of carbonyl (C=O) groups is 6. The first-order valence-electron chi connectivity index (χ1n) is 17.7. The van der Waals surface area contributed by atoms with Crippen LogP contribution in [0, 0.1) is 13.8 Å². The molecule has 7 rings (SSSR count). The summed E-state index contributed by atoms with van der Waals surface area (Å²) in [4.78, 5) is 80.9. The number of hydrogen-bond acceptors (Lipinski definition) is 13. The molecule has 1 unspecified atom stereocenters. The number of hydrogen-bond donors (Lipinski definition) is 4. The van der Waals surface area contributed by atoms with Crippen LogP contribution in [-0.4, -0.2) is 92.8 Å². The molecule has 2 atom stereocenters. The number of piperidine rings is 1. The number of fused-ring (bicyclic) bond motifs is 4. The van der Waals surface area contributed by atoms with Crippen molar-refractivity contribution >= 4 is 75.3 Å². The molecule has 5 heterocycles. The van der Waals surface area contributed by atoms with Crippen LogP contribution in [-0.2, 0) is 23.9 Å². The van der Waals surface area contributed by atoms with Gasteiger partial charge in [0.15, 0.2) is 18.7 Å². The molecular formula is C38H35ClN8O9S. The third-order valence-electron chi connectivity index (χ3n) is 9.65. The lowest BCUT2D eigenvalue weighted by molar-refractivity contribution is -0.141. The van der Waals surface area contributed by atoms with E-state index in [-0.39, 0.29) is 60.4 Å². The summed E-state index contributed by atoms with van der Waals surface area (Å²) < 4.78 is 13.7. The van der Waals surface area contributed by atoms with Crippen LogP contribution in [0.25, 0.3) is 15.8 Å². The van der Waals surface area contributed by atoms with Gasteiger partial charge in [0.25, 0.3) is 11.8 Å². The molecule has 3 aromatic heterocycles. The molecule has 0 bridgehead atoms. The molecule has 4 amide bonds.